The second kappa shape index (κ2) is 5.14. The quantitative estimate of drug-likeness (QED) is 0.869. The molecule has 0 amide bonds. The molecule has 0 aliphatic carbocycles. The van der Waals surface area contributed by atoms with Gasteiger partial charge in [-0.2, -0.15) is 0 Å². The van der Waals surface area contributed by atoms with E-state index >= 15 is 0 Å². The van der Waals surface area contributed by atoms with Gasteiger partial charge in [-0.3, -0.25) is 0 Å². The number of nitrogens with one attached hydrogen (secondary N) is 1. The second-order valence-electron chi connectivity index (χ2n) is 4.68. The first kappa shape index (κ1) is 13.1. The summed E-state index contributed by atoms with van der Waals surface area (Å²) in [6.45, 7) is 6.09. The van der Waals surface area contributed by atoms with Gasteiger partial charge in [0.15, 0.2) is 0 Å². The van der Waals surface area contributed by atoms with Gasteiger partial charge in [-0.15, -0.1) is 0 Å². The zero-order valence-corrected chi connectivity index (χ0v) is 11.3. The van der Waals surface area contributed by atoms with Crippen LogP contribution in [0.5, 0.6) is 0 Å². The first-order valence-corrected chi connectivity index (χ1v) is 6.17. The maximum Gasteiger partial charge on any atom is 0.337 e. The van der Waals surface area contributed by atoms with Crippen molar-refractivity contribution in [2.45, 2.75) is 20.8 Å². The Morgan fingerprint density at radius 1 is 1.00 bits per heavy atom. The third-order valence-electron chi connectivity index (χ3n) is 3.36. The molecule has 0 aromatic heterocycles. The summed E-state index contributed by atoms with van der Waals surface area (Å²) < 4.78 is 0. The number of aromatic carboxylic acids is 1. The highest BCUT2D eigenvalue weighted by atomic mass is 16.4. The number of benzene rings is 2. The number of rotatable bonds is 3. The van der Waals surface area contributed by atoms with Gasteiger partial charge in [0.25, 0.3) is 0 Å². The summed E-state index contributed by atoms with van der Waals surface area (Å²) in [5, 5.41) is 12.4. The van der Waals surface area contributed by atoms with Crippen molar-refractivity contribution >= 4 is 17.3 Å². The molecule has 0 spiro atoms. The summed E-state index contributed by atoms with van der Waals surface area (Å²) in [5.74, 6) is -0.925. The lowest BCUT2D eigenvalue weighted by Gasteiger charge is -2.16. The Balaban J connectivity index is 2.48. The third kappa shape index (κ3) is 2.60. The molecule has 0 atom stereocenters. The molecule has 0 saturated heterocycles. The molecule has 0 saturated carbocycles. The van der Waals surface area contributed by atoms with E-state index in [-0.39, 0.29) is 5.56 Å². The van der Waals surface area contributed by atoms with Gasteiger partial charge in [-0.25, -0.2) is 4.79 Å². The van der Waals surface area contributed by atoms with Crippen molar-refractivity contribution in [3.8, 4) is 0 Å². The Hall–Kier alpha value is -2.29. The van der Waals surface area contributed by atoms with Crippen LogP contribution in [-0.2, 0) is 0 Å². The highest BCUT2D eigenvalue weighted by molar-refractivity contribution is 5.95. The third-order valence-corrected chi connectivity index (χ3v) is 3.36. The van der Waals surface area contributed by atoms with Crippen molar-refractivity contribution in [3.63, 3.8) is 0 Å². The van der Waals surface area contributed by atoms with Gasteiger partial charge in [-0.05, 0) is 49.6 Å². The smallest absolute Gasteiger partial charge is 0.337 e. The van der Waals surface area contributed by atoms with Crippen molar-refractivity contribution in [1.82, 2.24) is 0 Å². The highest BCUT2D eigenvalue weighted by Crippen LogP contribution is 2.28. The van der Waals surface area contributed by atoms with Crippen LogP contribution in [0.25, 0.3) is 0 Å². The Morgan fingerprint density at radius 3 is 2.32 bits per heavy atom. The molecule has 0 aliphatic heterocycles. The van der Waals surface area contributed by atoms with Crippen molar-refractivity contribution in [2.75, 3.05) is 5.32 Å². The SMILES string of the molecule is Cc1ccc(C)c(Nc2ccccc2C(=O)O)c1C. The van der Waals surface area contributed by atoms with E-state index in [9.17, 15) is 9.90 Å². The molecule has 2 rings (SSSR count). The van der Waals surface area contributed by atoms with E-state index < -0.39 is 5.97 Å². The second-order valence-corrected chi connectivity index (χ2v) is 4.68. The van der Waals surface area contributed by atoms with E-state index in [0.717, 1.165) is 16.8 Å². The van der Waals surface area contributed by atoms with Crippen molar-refractivity contribution in [2.24, 2.45) is 0 Å². The van der Waals surface area contributed by atoms with E-state index in [4.69, 9.17) is 0 Å². The monoisotopic (exact) mass is 255 g/mol. The maximum atomic E-state index is 11.2. The molecule has 2 aromatic carbocycles. The average Bonchev–Trinajstić information content (AvgIpc) is 2.39. The number of anilines is 2. The van der Waals surface area contributed by atoms with Crippen LogP contribution in [0.4, 0.5) is 11.4 Å². The van der Waals surface area contributed by atoms with Gasteiger partial charge < -0.3 is 10.4 Å². The number of carboxylic acids is 1. The number of carboxylic acid groups (broad SMARTS) is 1. The summed E-state index contributed by atoms with van der Waals surface area (Å²) >= 11 is 0. The van der Waals surface area contributed by atoms with Crippen molar-refractivity contribution < 1.29 is 9.90 Å². The van der Waals surface area contributed by atoms with Crippen molar-refractivity contribution in [1.29, 1.82) is 0 Å². The topological polar surface area (TPSA) is 49.3 Å². The van der Waals surface area contributed by atoms with Gasteiger partial charge in [0.2, 0.25) is 0 Å². The molecule has 3 heteroatoms. The van der Waals surface area contributed by atoms with E-state index in [0.29, 0.717) is 5.69 Å². The zero-order valence-electron chi connectivity index (χ0n) is 11.3. The molecule has 0 aliphatic rings. The van der Waals surface area contributed by atoms with Crippen LogP contribution in [0.1, 0.15) is 27.0 Å². The van der Waals surface area contributed by atoms with Crippen LogP contribution in [0.3, 0.4) is 0 Å². The predicted octanol–water partition coefficient (Wildman–Crippen LogP) is 4.05. The summed E-state index contributed by atoms with van der Waals surface area (Å²) in [7, 11) is 0. The van der Waals surface area contributed by atoms with Crippen molar-refractivity contribution in [3.05, 3.63) is 58.7 Å². The first-order chi connectivity index (χ1) is 9.00. The van der Waals surface area contributed by atoms with E-state index in [1.54, 1.807) is 18.2 Å². The fourth-order valence-corrected chi connectivity index (χ4v) is 2.06. The summed E-state index contributed by atoms with van der Waals surface area (Å²) in [5.41, 5.74) is 5.30. The van der Waals surface area contributed by atoms with Gasteiger partial charge in [-0.1, -0.05) is 24.3 Å². The molecule has 98 valence electrons. The molecular weight excluding hydrogens is 238 g/mol. The van der Waals surface area contributed by atoms with E-state index in [1.165, 1.54) is 5.56 Å². The normalized spacial score (nSPS) is 10.3. The van der Waals surface area contributed by atoms with Gasteiger partial charge in [0.05, 0.1) is 11.3 Å². The molecule has 2 N–H and O–H groups in total. The lowest BCUT2D eigenvalue weighted by atomic mass is 10.0. The van der Waals surface area contributed by atoms with Gasteiger partial charge in [0, 0.05) is 5.69 Å². The van der Waals surface area contributed by atoms with E-state index in [1.807, 2.05) is 32.9 Å². The predicted molar refractivity (Wildman–Crippen MR) is 77.3 cm³/mol. The number of para-hydroxylation sites is 1. The molecule has 19 heavy (non-hydrogen) atoms. The van der Waals surface area contributed by atoms with Crippen LogP contribution in [0, 0.1) is 20.8 Å². The number of carbonyl (C=O) groups is 1. The number of hydrogen-bond donors (Lipinski definition) is 2. The molecule has 0 radical (unpaired) electrons. The van der Waals surface area contributed by atoms with Crippen LogP contribution in [-0.4, -0.2) is 11.1 Å². The first-order valence-electron chi connectivity index (χ1n) is 6.17. The standard InChI is InChI=1S/C16H17NO2/c1-10-8-9-11(2)15(12(10)3)17-14-7-5-4-6-13(14)16(18)19/h4-9,17H,1-3H3,(H,18,19). The lowest BCUT2D eigenvalue weighted by molar-refractivity contribution is 0.0698. The minimum absolute atomic E-state index is 0.280. The fourth-order valence-electron chi connectivity index (χ4n) is 2.06. The number of hydrogen-bond acceptors (Lipinski definition) is 2. The molecule has 0 bridgehead atoms. The fraction of sp³-hybridized carbons (Fsp3) is 0.188. The molecule has 0 unspecified atom stereocenters. The summed E-state index contributed by atoms with van der Waals surface area (Å²) in [4.78, 5) is 11.2. The lowest BCUT2D eigenvalue weighted by Crippen LogP contribution is -2.04. The molecule has 0 fully saturated rings. The Bertz CT molecular complexity index is 633. The summed E-state index contributed by atoms with van der Waals surface area (Å²) in [6, 6.07) is 11.0. The Morgan fingerprint density at radius 2 is 1.63 bits per heavy atom. The molecular formula is C16H17NO2. The molecule has 3 nitrogen and oxygen atoms in total. The Labute approximate surface area is 112 Å². The van der Waals surface area contributed by atoms with Crippen LogP contribution < -0.4 is 5.32 Å². The minimum atomic E-state index is -0.925. The Kier molecular flexibility index (Phi) is 3.56. The van der Waals surface area contributed by atoms with Crippen LogP contribution in [0.2, 0.25) is 0 Å². The van der Waals surface area contributed by atoms with Gasteiger partial charge in [0.1, 0.15) is 0 Å². The largest absolute Gasteiger partial charge is 0.478 e. The van der Waals surface area contributed by atoms with Gasteiger partial charge >= 0.3 is 5.97 Å². The minimum Gasteiger partial charge on any atom is -0.478 e. The zero-order chi connectivity index (χ0) is 14.0. The van der Waals surface area contributed by atoms with Crippen LogP contribution in [0.15, 0.2) is 36.4 Å². The maximum absolute atomic E-state index is 11.2. The average molecular weight is 255 g/mol. The molecule has 2 aromatic rings. The highest BCUT2D eigenvalue weighted by Gasteiger charge is 2.11. The number of aryl methyl sites for hydroxylation is 2. The van der Waals surface area contributed by atoms with Crippen LogP contribution >= 0.6 is 0 Å². The van der Waals surface area contributed by atoms with E-state index in [2.05, 4.69) is 11.4 Å². The summed E-state index contributed by atoms with van der Waals surface area (Å²) in [6.07, 6.45) is 0. The molecule has 0 heterocycles.